The number of methoxy groups -OCH3 is 1. The van der Waals surface area contributed by atoms with Crippen LogP contribution in [0, 0.1) is 6.92 Å². The van der Waals surface area contributed by atoms with Crippen molar-refractivity contribution < 1.29 is 4.74 Å². The van der Waals surface area contributed by atoms with Crippen LogP contribution in [0.2, 0.25) is 0 Å². The summed E-state index contributed by atoms with van der Waals surface area (Å²) in [5.74, 6) is 1.65. The molecule has 5 rings (SSSR count). The first kappa shape index (κ1) is 19.4. The van der Waals surface area contributed by atoms with E-state index in [-0.39, 0.29) is 0 Å². The predicted octanol–water partition coefficient (Wildman–Crippen LogP) is 3.05. The zero-order chi connectivity index (χ0) is 21.2. The minimum atomic E-state index is 0.746. The van der Waals surface area contributed by atoms with Crippen LogP contribution in [0.5, 0.6) is 5.75 Å². The Kier molecular flexibility index (Phi) is 5.21. The van der Waals surface area contributed by atoms with Gasteiger partial charge in [0, 0.05) is 62.4 Å². The molecule has 0 unspecified atom stereocenters. The van der Waals surface area contributed by atoms with Crippen molar-refractivity contribution >= 4 is 16.9 Å². The number of nitrogens with one attached hydrogen (secondary N) is 1. The number of rotatable bonds is 5. The highest BCUT2D eigenvalue weighted by atomic mass is 16.5. The van der Waals surface area contributed by atoms with E-state index >= 15 is 0 Å². The van der Waals surface area contributed by atoms with Crippen molar-refractivity contribution in [1.29, 1.82) is 0 Å². The molecule has 8 nitrogen and oxygen atoms in total. The lowest BCUT2D eigenvalue weighted by Gasteiger charge is -2.36. The Hall–Kier alpha value is -3.52. The van der Waals surface area contributed by atoms with Crippen LogP contribution in [0.15, 0.2) is 49.2 Å². The standard InChI is InChI=1S/C23H25N7O/c1-16-11-26-23-20(27-22(28-23)18-3-5-19(31-2)6-4-18)21(16)30-9-7-29(8-10-30)14-17-12-24-15-25-13-17/h3-6,11-13,15H,7-10,14H2,1-2H3,(H,26,27,28). The van der Waals surface area contributed by atoms with Gasteiger partial charge in [0.25, 0.3) is 0 Å². The second-order valence-corrected chi connectivity index (χ2v) is 7.81. The van der Waals surface area contributed by atoms with Crippen molar-refractivity contribution in [2.45, 2.75) is 13.5 Å². The van der Waals surface area contributed by atoms with Crippen molar-refractivity contribution in [3.05, 3.63) is 60.3 Å². The van der Waals surface area contributed by atoms with Gasteiger partial charge in [-0.1, -0.05) is 0 Å². The summed E-state index contributed by atoms with van der Waals surface area (Å²) >= 11 is 0. The number of H-pyrrole nitrogens is 1. The number of aryl methyl sites for hydroxylation is 1. The van der Waals surface area contributed by atoms with Crippen LogP contribution in [0.1, 0.15) is 11.1 Å². The molecule has 1 aliphatic heterocycles. The van der Waals surface area contributed by atoms with Crippen LogP contribution in [-0.2, 0) is 6.54 Å². The van der Waals surface area contributed by atoms with Gasteiger partial charge in [0.05, 0.1) is 12.8 Å². The summed E-state index contributed by atoms with van der Waals surface area (Å²) in [6, 6.07) is 7.91. The van der Waals surface area contributed by atoms with Gasteiger partial charge in [-0.05, 0) is 36.8 Å². The third-order valence-corrected chi connectivity index (χ3v) is 5.75. The van der Waals surface area contributed by atoms with Crippen LogP contribution in [0.3, 0.4) is 0 Å². The zero-order valence-corrected chi connectivity index (χ0v) is 17.7. The SMILES string of the molecule is COc1ccc(-c2nc3ncc(C)c(N4CCN(Cc5cncnc5)CC4)c3[nH]2)cc1. The van der Waals surface area contributed by atoms with Crippen LogP contribution < -0.4 is 9.64 Å². The summed E-state index contributed by atoms with van der Waals surface area (Å²) in [4.78, 5) is 26.0. The number of ether oxygens (including phenoxy) is 1. The van der Waals surface area contributed by atoms with Gasteiger partial charge >= 0.3 is 0 Å². The molecule has 0 saturated carbocycles. The third kappa shape index (κ3) is 3.94. The maximum atomic E-state index is 5.26. The topological polar surface area (TPSA) is 83.1 Å². The molecule has 0 radical (unpaired) electrons. The number of nitrogens with zero attached hydrogens (tertiary/aromatic N) is 6. The van der Waals surface area contributed by atoms with Gasteiger partial charge in [0.2, 0.25) is 0 Å². The van der Waals surface area contributed by atoms with Gasteiger partial charge in [0.15, 0.2) is 5.65 Å². The van der Waals surface area contributed by atoms with Crippen molar-refractivity contribution in [3.63, 3.8) is 0 Å². The molecule has 8 heteroatoms. The van der Waals surface area contributed by atoms with E-state index in [9.17, 15) is 0 Å². The van der Waals surface area contributed by atoms with E-state index in [1.165, 1.54) is 5.69 Å². The molecule has 0 spiro atoms. The number of benzene rings is 1. The van der Waals surface area contributed by atoms with E-state index in [1.807, 2.05) is 42.9 Å². The number of aromatic nitrogens is 5. The normalized spacial score (nSPS) is 14.8. The molecule has 1 fully saturated rings. The van der Waals surface area contributed by atoms with E-state index in [0.717, 1.165) is 72.2 Å². The molecule has 3 aromatic heterocycles. The van der Waals surface area contributed by atoms with Gasteiger partial charge in [-0.3, -0.25) is 4.90 Å². The molecule has 1 N–H and O–H groups in total. The smallest absolute Gasteiger partial charge is 0.180 e. The summed E-state index contributed by atoms with van der Waals surface area (Å²) in [6.07, 6.45) is 7.27. The van der Waals surface area contributed by atoms with E-state index in [2.05, 4.69) is 36.7 Å². The second kappa shape index (κ2) is 8.31. The van der Waals surface area contributed by atoms with Gasteiger partial charge in [-0.25, -0.2) is 19.9 Å². The molecule has 4 heterocycles. The van der Waals surface area contributed by atoms with Crippen molar-refractivity contribution in [3.8, 4) is 17.1 Å². The fraction of sp³-hybridized carbons (Fsp3) is 0.304. The summed E-state index contributed by atoms with van der Waals surface area (Å²) in [5.41, 5.74) is 6.25. The minimum absolute atomic E-state index is 0.746. The van der Waals surface area contributed by atoms with Gasteiger partial charge in [-0.15, -0.1) is 0 Å². The Balaban J connectivity index is 1.38. The number of pyridine rings is 1. The number of piperazine rings is 1. The summed E-state index contributed by atoms with van der Waals surface area (Å²) in [6.45, 7) is 6.86. The molecule has 1 aromatic carbocycles. The fourth-order valence-corrected chi connectivity index (χ4v) is 4.13. The second-order valence-electron chi connectivity index (χ2n) is 7.81. The number of anilines is 1. The molecule has 158 valence electrons. The highest BCUT2D eigenvalue weighted by Crippen LogP contribution is 2.31. The Morgan fingerprint density at radius 2 is 1.74 bits per heavy atom. The van der Waals surface area contributed by atoms with E-state index in [1.54, 1.807) is 13.4 Å². The number of hydrogen-bond acceptors (Lipinski definition) is 7. The molecule has 4 aromatic rings. The first-order valence-electron chi connectivity index (χ1n) is 10.4. The Morgan fingerprint density at radius 1 is 1.00 bits per heavy atom. The average Bonchev–Trinajstić information content (AvgIpc) is 3.25. The highest BCUT2D eigenvalue weighted by molar-refractivity contribution is 5.90. The largest absolute Gasteiger partial charge is 0.497 e. The number of imidazole rings is 1. The number of hydrogen-bond donors (Lipinski definition) is 1. The first-order valence-corrected chi connectivity index (χ1v) is 10.4. The third-order valence-electron chi connectivity index (χ3n) is 5.75. The molecule has 31 heavy (non-hydrogen) atoms. The molecule has 1 saturated heterocycles. The van der Waals surface area contributed by atoms with Crippen molar-refractivity contribution in [2.24, 2.45) is 0 Å². The molecular formula is C23H25N7O. The zero-order valence-electron chi connectivity index (χ0n) is 17.7. The summed E-state index contributed by atoms with van der Waals surface area (Å²) in [5, 5.41) is 0. The van der Waals surface area contributed by atoms with E-state index in [0.29, 0.717) is 0 Å². The van der Waals surface area contributed by atoms with Crippen LogP contribution in [0.4, 0.5) is 5.69 Å². The molecule has 1 aliphatic rings. The average molecular weight is 416 g/mol. The first-order chi connectivity index (χ1) is 15.2. The fourth-order valence-electron chi connectivity index (χ4n) is 4.13. The lowest BCUT2D eigenvalue weighted by Crippen LogP contribution is -2.46. The molecule has 0 aliphatic carbocycles. The van der Waals surface area contributed by atoms with E-state index < -0.39 is 0 Å². The van der Waals surface area contributed by atoms with Gasteiger partial charge in [0.1, 0.15) is 23.4 Å². The lowest BCUT2D eigenvalue weighted by atomic mass is 10.1. The summed E-state index contributed by atoms with van der Waals surface area (Å²) in [7, 11) is 1.67. The van der Waals surface area contributed by atoms with Crippen molar-refractivity contribution in [2.75, 3.05) is 38.2 Å². The predicted molar refractivity (Wildman–Crippen MR) is 120 cm³/mol. The lowest BCUT2D eigenvalue weighted by molar-refractivity contribution is 0.249. The van der Waals surface area contributed by atoms with E-state index in [4.69, 9.17) is 9.72 Å². The van der Waals surface area contributed by atoms with Crippen LogP contribution in [0.25, 0.3) is 22.6 Å². The molecule has 0 atom stereocenters. The maximum Gasteiger partial charge on any atom is 0.180 e. The Morgan fingerprint density at radius 3 is 2.45 bits per heavy atom. The van der Waals surface area contributed by atoms with Gasteiger partial charge < -0.3 is 14.6 Å². The number of fused-ring (bicyclic) bond motifs is 1. The highest BCUT2D eigenvalue weighted by Gasteiger charge is 2.22. The molecule has 0 amide bonds. The van der Waals surface area contributed by atoms with Gasteiger partial charge in [-0.2, -0.15) is 0 Å². The Labute approximate surface area is 180 Å². The van der Waals surface area contributed by atoms with Crippen molar-refractivity contribution in [1.82, 2.24) is 29.8 Å². The quantitative estimate of drug-likeness (QED) is 0.536. The van der Waals surface area contributed by atoms with Crippen LogP contribution >= 0.6 is 0 Å². The maximum absolute atomic E-state index is 5.26. The minimum Gasteiger partial charge on any atom is -0.497 e. The number of aromatic amines is 1. The Bertz CT molecular complexity index is 1170. The monoisotopic (exact) mass is 415 g/mol. The van der Waals surface area contributed by atoms with Crippen LogP contribution in [-0.4, -0.2) is 63.1 Å². The molecular weight excluding hydrogens is 390 g/mol. The molecule has 0 bridgehead atoms. The summed E-state index contributed by atoms with van der Waals surface area (Å²) < 4.78 is 5.26.